The summed E-state index contributed by atoms with van der Waals surface area (Å²) in [6.07, 6.45) is 0. The SMILES string of the molecule is CN1CC[N]CC(C(N)=O)C1. The van der Waals surface area contributed by atoms with Crippen LogP contribution in [0.2, 0.25) is 0 Å². The van der Waals surface area contributed by atoms with Gasteiger partial charge in [-0.1, -0.05) is 0 Å². The molecule has 2 N–H and O–H groups in total. The molecule has 4 nitrogen and oxygen atoms in total. The lowest BCUT2D eigenvalue weighted by atomic mass is 10.1. The molecule has 0 spiro atoms. The van der Waals surface area contributed by atoms with E-state index in [4.69, 9.17) is 5.73 Å². The Balaban J connectivity index is 2.45. The van der Waals surface area contributed by atoms with Crippen LogP contribution < -0.4 is 11.1 Å². The summed E-state index contributed by atoms with van der Waals surface area (Å²) in [7, 11) is 1.98. The molecule has 1 rings (SSSR count). The van der Waals surface area contributed by atoms with Gasteiger partial charge in [-0.05, 0) is 7.05 Å². The van der Waals surface area contributed by atoms with Crippen LogP contribution in [0.3, 0.4) is 0 Å². The molecule has 1 unspecified atom stereocenters. The van der Waals surface area contributed by atoms with Crippen molar-refractivity contribution < 1.29 is 4.79 Å². The molecule has 0 aromatic rings. The van der Waals surface area contributed by atoms with Crippen LogP contribution >= 0.6 is 0 Å². The van der Waals surface area contributed by atoms with Crippen molar-refractivity contribution in [2.24, 2.45) is 11.7 Å². The molecule has 1 aliphatic heterocycles. The van der Waals surface area contributed by atoms with Gasteiger partial charge in [0, 0.05) is 26.2 Å². The van der Waals surface area contributed by atoms with Crippen molar-refractivity contribution in [2.75, 3.05) is 33.2 Å². The van der Waals surface area contributed by atoms with E-state index >= 15 is 0 Å². The molecular weight excluding hydrogens is 142 g/mol. The van der Waals surface area contributed by atoms with Gasteiger partial charge in [-0.25, -0.2) is 5.32 Å². The zero-order chi connectivity index (χ0) is 8.27. The van der Waals surface area contributed by atoms with Crippen LogP contribution in [0, 0.1) is 5.92 Å². The van der Waals surface area contributed by atoms with E-state index < -0.39 is 0 Å². The Morgan fingerprint density at radius 2 is 2.45 bits per heavy atom. The van der Waals surface area contributed by atoms with Gasteiger partial charge < -0.3 is 10.6 Å². The first-order chi connectivity index (χ1) is 5.20. The van der Waals surface area contributed by atoms with Crippen molar-refractivity contribution in [3.05, 3.63) is 0 Å². The number of hydrogen-bond donors (Lipinski definition) is 1. The van der Waals surface area contributed by atoms with E-state index in [0.29, 0.717) is 6.54 Å². The summed E-state index contributed by atoms with van der Waals surface area (Å²) < 4.78 is 0. The van der Waals surface area contributed by atoms with Crippen LogP contribution in [0.1, 0.15) is 0 Å². The van der Waals surface area contributed by atoms with Crippen LogP contribution in [0.25, 0.3) is 0 Å². The second-order valence-electron chi connectivity index (χ2n) is 2.99. The summed E-state index contributed by atoms with van der Waals surface area (Å²) in [6.45, 7) is 3.10. The lowest BCUT2D eigenvalue weighted by Crippen LogP contribution is -2.35. The third kappa shape index (κ3) is 2.48. The molecule has 0 saturated carbocycles. The highest BCUT2D eigenvalue weighted by Crippen LogP contribution is 2.00. The van der Waals surface area contributed by atoms with Crippen molar-refractivity contribution in [2.45, 2.75) is 0 Å². The predicted octanol–water partition coefficient (Wildman–Crippen LogP) is -1.36. The number of hydrogen-bond acceptors (Lipinski definition) is 2. The Bertz CT molecular complexity index is 149. The van der Waals surface area contributed by atoms with Gasteiger partial charge in [-0.15, -0.1) is 0 Å². The van der Waals surface area contributed by atoms with Gasteiger partial charge in [0.05, 0.1) is 5.92 Å². The van der Waals surface area contributed by atoms with E-state index in [-0.39, 0.29) is 11.8 Å². The Morgan fingerprint density at radius 1 is 1.73 bits per heavy atom. The molecule has 4 heteroatoms. The third-order valence-corrected chi connectivity index (χ3v) is 1.92. The summed E-state index contributed by atoms with van der Waals surface area (Å²) in [6, 6.07) is 0. The Labute approximate surface area is 66.7 Å². The minimum atomic E-state index is -0.234. The summed E-state index contributed by atoms with van der Waals surface area (Å²) in [5.74, 6) is -0.315. The van der Waals surface area contributed by atoms with Crippen LogP contribution in [0.5, 0.6) is 0 Å². The Morgan fingerprint density at radius 3 is 3.09 bits per heavy atom. The predicted molar refractivity (Wildman–Crippen MR) is 42.0 cm³/mol. The molecule has 0 aromatic carbocycles. The number of nitrogens with two attached hydrogens (primary N) is 1. The zero-order valence-corrected chi connectivity index (χ0v) is 6.79. The first-order valence-electron chi connectivity index (χ1n) is 3.81. The minimum Gasteiger partial charge on any atom is -0.369 e. The number of carbonyl (C=O) groups is 1. The molecule has 0 bridgehead atoms. The zero-order valence-electron chi connectivity index (χ0n) is 6.79. The molecule has 1 atom stereocenters. The normalized spacial score (nSPS) is 27.9. The highest BCUT2D eigenvalue weighted by Gasteiger charge is 2.20. The number of carbonyl (C=O) groups excluding carboxylic acids is 1. The summed E-state index contributed by atoms with van der Waals surface area (Å²) in [4.78, 5) is 12.9. The van der Waals surface area contributed by atoms with Gasteiger partial charge >= 0.3 is 0 Å². The van der Waals surface area contributed by atoms with Crippen LogP contribution in [-0.2, 0) is 4.79 Å². The van der Waals surface area contributed by atoms with Gasteiger partial charge in [0.25, 0.3) is 0 Å². The van der Waals surface area contributed by atoms with Gasteiger partial charge in [0.15, 0.2) is 0 Å². The Kier molecular flexibility index (Phi) is 2.84. The summed E-state index contributed by atoms with van der Waals surface area (Å²) in [5, 5.41) is 4.18. The van der Waals surface area contributed by atoms with E-state index in [1.807, 2.05) is 7.05 Å². The molecule has 1 saturated heterocycles. The first kappa shape index (κ1) is 8.49. The molecule has 0 aromatic heterocycles. The summed E-state index contributed by atoms with van der Waals surface area (Å²) in [5.41, 5.74) is 5.17. The fraction of sp³-hybridized carbons (Fsp3) is 0.857. The second kappa shape index (κ2) is 3.69. The van der Waals surface area contributed by atoms with Crippen molar-refractivity contribution in [1.29, 1.82) is 0 Å². The highest BCUT2D eigenvalue weighted by molar-refractivity contribution is 5.77. The lowest BCUT2D eigenvalue weighted by molar-refractivity contribution is -0.121. The lowest BCUT2D eigenvalue weighted by Gasteiger charge is -2.15. The van der Waals surface area contributed by atoms with Gasteiger partial charge in [-0.3, -0.25) is 4.79 Å². The van der Waals surface area contributed by atoms with Crippen molar-refractivity contribution in [1.82, 2.24) is 10.2 Å². The van der Waals surface area contributed by atoms with Gasteiger partial charge in [0.1, 0.15) is 0 Å². The van der Waals surface area contributed by atoms with E-state index in [2.05, 4.69) is 10.2 Å². The second-order valence-corrected chi connectivity index (χ2v) is 2.99. The van der Waals surface area contributed by atoms with Crippen molar-refractivity contribution in [3.63, 3.8) is 0 Å². The Hall–Kier alpha value is -0.610. The molecule has 1 amide bonds. The number of rotatable bonds is 1. The number of nitrogens with zero attached hydrogens (tertiary/aromatic N) is 2. The number of likely N-dealkylation sites (N-methyl/N-ethyl adjacent to an activating group) is 1. The van der Waals surface area contributed by atoms with E-state index in [1.165, 1.54) is 0 Å². The molecule has 1 radical (unpaired) electrons. The third-order valence-electron chi connectivity index (χ3n) is 1.92. The largest absolute Gasteiger partial charge is 0.369 e. The van der Waals surface area contributed by atoms with Gasteiger partial charge in [0.2, 0.25) is 5.91 Å². The minimum absolute atomic E-state index is 0.0810. The molecule has 1 fully saturated rings. The molecule has 1 heterocycles. The van der Waals surface area contributed by atoms with Gasteiger partial charge in [-0.2, -0.15) is 0 Å². The van der Waals surface area contributed by atoms with E-state index in [1.54, 1.807) is 0 Å². The maximum Gasteiger partial charge on any atom is 0.223 e. The molecule has 0 aliphatic carbocycles. The van der Waals surface area contributed by atoms with Crippen molar-refractivity contribution in [3.8, 4) is 0 Å². The first-order valence-corrected chi connectivity index (χ1v) is 3.81. The molecular formula is C7H14N3O. The smallest absolute Gasteiger partial charge is 0.223 e. The standard InChI is InChI=1S/C7H14N3O/c1-10-3-2-9-4-6(5-10)7(8)11/h6H,2-5H2,1H3,(H2,8,11). The van der Waals surface area contributed by atoms with Crippen LogP contribution in [0.4, 0.5) is 0 Å². The number of amides is 1. The molecule has 1 aliphatic rings. The number of primary amides is 1. The van der Waals surface area contributed by atoms with E-state index in [0.717, 1.165) is 19.6 Å². The van der Waals surface area contributed by atoms with Crippen LogP contribution in [-0.4, -0.2) is 44.0 Å². The molecule has 11 heavy (non-hydrogen) atoms. The molecule has 63 valence electrons. The topological polar surface area (TPSA) is 60.4 Å². The average Bonchev–Trinajstić information content (AvgIpc) is 2.13. The summed E-state index contributed by atoms with van der Waals surface area (Å²) >= 11 is 0. The quantitative estimate of drug-likeness (QED) is 0.509. The fourth-order valence-electron chi connectivity index (χ4n) is 1.19. The maximum absolute atomic E-state index is 10.8. The van der Waals surface area contributed by atoms with E-state index in [9.17, 15) is 4.79 Å². The average molecular weight is 156 g/mol. The van der Waals surface area contributed by atoms with Crippen molar-refractivity contribution >= 4 is 5.91 Å². The maximum atomic E-state index is 10.8. The highest BCUT2D eigenvalue weighted by atomic mass is 16.1. The fourth-order valence-corrected chi connectivity index (χ4v) is 1.19. The van der Waals surface area contributed by atoms with Crippen LogP contribution in [0.15, 0.2) is 0 Å². The monoisotopic (exact) mass is 156 g/mol.